The van der Waals surface area contributed by atoms with E-state index in [2.05, 4.69) is 19.2 Å². The number of nitrogens with one attached hydrogen (secondary N) is 1. The summed E-state index contributed by atoms with van der Waals surface area (Å²) in [5.41, 5.74) is 2.72. The summed E-state index contributed by atoms with van der Waals surface area (Å²) in [7, 11) is 0. The minimum absolute atomic E-state index is 0.00210. The Balaban J connectivity index is 1.96. The molecule has 0 atom stereocenters. The maximum absolute atomic E-state index is 12.0. The van der Waals surface area contributed by atoms with Gasteiger partial charge in [0.15, 0.2) is 0 Å². The predicted octanol–water partition coefficient (Wildman–Crippen LogP) is 3.90. The van der Waals surface area contributed by atoms with Crippen molar-refractivity contribution in [2.75, 3.05) is 5.32 Å². The van der Waals surface area contributed by atoms with Gasteiger partial charge in [-0.1, -0.05) is 38.1 Å². The molecule has 0 unspecified atom stereocenters. The first-order valence-electron chi connectivity index (χ1n) is 7.09. The summed E-state index contributed by atoms with van der Waals surface area (Å²) in [4.78, 5) is 22.1. The molecular weight excluding hydrogens is 280 g/mol. The predicted molar refractivity (Wildman–Crippen MR) is 86.0 cm³/mol. The highest BCUT2D eigenvalue weighted by molar-refractivity contribution is 5.92. The van der Waals surface area contributed by atoms with Crippen molar-refractivity contribution in [2.24, 2.45) is 0 Å². The lowest BCUT2D eigenvalue weighted by atomic mass is 10.0. The van der Waals surface area contributed by atoms with Crippen LogP contribution in [0, 0.1) is 10.1 Å². The number of carbonyl (C=O) groups is 1. The number of hydrogen-bond acceptors (Lipinski definition) is 3. The van der Waals surface area contributed by atoms with Gasteiger partial charge in [0.1, 0.15) is 0 Å². The molecule has 2 aromatic carbocycles. The van der Waals surface area contributed by atoms with Crippen LogP contribution in [0.25, 0.3) is 0 Å². The third-order valence-electron chi connectivity index (χ3n) is 3.37. The number of carbonyl (C=O) groups excluding carboxylic acids is 1. The second-order valence-corrected chi connectivity index (χ2v) is 5.43. The molecule has 0 aromatic heterocycles. The van der Waals surface area contributed by atoms with Gasteiger partial charge in [-0.3, -0.25) is 14.9 Å². The van der Waals surface area contributed by atoms with Crippen molar-refractivity contribution in [2.45, 2.75) is 26.2 Å². The first-order valence-corrected chi connectivity index (χ1v) is 7.09. The van der Waals surface area contributed by atoms with E-state index >= 15 is 0 Å². The fourth-order valence-electron chi connectivity index (χ4n) is 2.08. The van der Waals surface area contributed by atoms with E-state index in [1.807, 2.05) is 24.3 Å². The van der Waals surface area contributed by atoms with E-state index in [0.717, 1.165) is 5.56 Å². The molecule has 0 bridgehead atoms. The molecule has 2 rings (SSSR count). The summed E-state index contributed by atoms with van der Waals surface area (Å²) in [6, 6.07) is 13.7. The van der Waals surface area contributed by atoms with Crippen molar-refractivity contribution < 1.29 is 9.72 Å². The Kier molecular flexibility index (Phi) is 4.88. The lowest BCUT2D eigenvalue weighted by Crippen LogP contribution is -2.14. The molecule has 0 spiro atoms. The van der Waals surface area contributed by atoms with Crippen LogP contribution in [0.2, 0.25) is 0 Å². The van der Waals surface area contributed by atoms with Crippen LogP contribution < -0.4 is 5.32 Å². The monoisotopic (exact) mass is 298 g/mol. The summed E-state index contributed by atoms with van der Waals surface area (Å²) < 4.78 is 0. The van der Waals surface area contributed by atoms with Crippen molar-refractivity contribution in [1.82, 2.24) is 0 Å². The number of nitrogens with zero attached hydrogens (tertiary/aromatic N) is 1. The van der Waals surface area contributed by atoms with Gasteiger partial charge < -0.3 is 5.32 Å². The van der Waals surface area contributed by atoms with E-state index in [-0.39, 0.29) is 18.0 Å². The fourth-order valence-corrected chi connectivity index (χ4v) is 2.08. The maximum Gasteiger partial charge on any atom is 0.269 e. The number of hydrogen-bond donors (Lipinski definition) is 1. The SMILES string of the molecule is CC(C)c1ccc(CC(=O)Nc2ccc([N+](=O)[O-])cc2)cc1. The average molecular weight is 298 g/mol. The van der Waals surface area contributed by atoms with Gasteiger partial charge in [-0.2, -0.15) is 0 Å². The Morgan fingerprint density at radius 2 is 1.68 bits per heavy atom. The number of nitro groups is 1. The average Bonchev–Trinajstić information content (AvgIpc) is 2.48. The molecule has 0 aliphatic heterocycles. The van der Waals surface area contributed by atoms with E-state index in [1.54, 1.807) is 0 Å². The lowest BCUT2D eigenvalue weighted by molar-refractivity contribution is -0.384. The first kappa shape index (κ1) is 15.7. The number of nitro benzene ring substituents is 1. The lowest BCUT2D eigenvalue weighted by Gasteiger charge is -2.08. The van der Waals surface area contributed by atoms with Crippen molar-refractivity contribution in [3.63, 3.8) is 0 Å². The molecular formula is C17H18N2O3. The molecule has 2 aromatic rings. The molecule has 0 saturated carbocycles. The van der Waals surface area contributed by atoms with Gasteiger partial charge in [-0.05, 0) is 29.2 Å². The molecule has 1 amide bonds. The maximum atomic E-state index is 12.0. The second-order valence-electron chi connectivity index (χ2n) is 5.43. The van der Waals surface area contributed by atoms with Gasteiger partial charge >= 0.3 is 0 Å². The number of non-ortho nitro benzene ring substituents is 1. The smallest absolute Gasteiger partial charge is 0.269 e. The van der Waals surface area contributed by atoms with E-state index in [9.17, 15) is 14.9 Å². The Hall–Kier alpha value is -2.69. The van der Waals surface area contributed by atoms with Crippen molar-refractivity contribution in [1.29, 1.82) is 0 Å². The zero-order valence-electron chi connectivity index (χ0n) is 12.6. The van der Waals surface area contributed by atoms with Crippen LogP contribution in [0.15, 0.2) is 48.5 Å². The van der Waals surface area contributed by atoms with Gasteiger partial charge in [0.05, 0.1) is 11.3 Å². The van der Waals surface area contributed by atoms with Crippen molar-refractivity contribution in [3.8, 4) is 0 Å². The second kappa shape index (κ2) is 6.85. The molecule has 0 heterocycles. The third kappa shape index (κ3) is 4.15. The molecule has 0 fully saturated rings. The number of anilines is 1. The van der Waals surface area contributed by atoms with E-state index < -0.39 is 4.92 Å². The summed E-state index contributed by atoms with van der Waals surface area (Å²) in [5.74, 6) is 0.314. The van der Waals surface area contributed by atoms with Crippen LogP contribution in [-0.2, 0) is 11.2 Å². The van der Waals surface area contributed by atoms with E-state index in [1.165, 1.54) is 29.8 Å². The van der Waals surface area contributed by atoms with Gasteiger partial charge in [-0.25, -0.2) is 0 Å². The first-order chi connectivity index (χ1) is 10.5. The van der Waals surface area contributed by atoms with Crippen molar-refractivity contribution >= 4 is 17.3 Å². The Labute approximate surface area is 129 Å². The summed E-state index contributed by atoms with van der Waals surface area (Å²) in [5, 5.41) is 13.3. The van der Waals surface area contributed by atoms with Crippen LogP contribution >= 0.6 is 0 Å². The number of benzene rings is 2. The largest absolute Gasteiger partial charge is 0.326 e. The van der Waals surface area contributed by atoms with Crippen LogP contribution in [0.1, 0.15) is 30.9 Å². The van der Waals surface area contributed by atoms with Gasteiger partial charge in [-0.15, -0.1) is 0 Å². The quantitative estimate of drug-likeness (QED) is 0.672. The summed E-state index contributed by atoms with van der Waals surface area (Å²) in [6.45, 7) is 4.24. The van der Waals surface area contributed by atoms with E-state index in [4.69, 9.17) is 0 Å². The molecule has 0 aliphatic rings. The normalized spacial score (nSPS) is 10.5. The molecule has 5 nitrogen and oxygen atoms in total. The van der Waals surface area contributed by atoms with Crippen molar-refractivity contribution in [3.05, 3.63) is 69.8 Å². The molecule has 114 valence electrons. The number of amides is 1. The van der Waals surface area contributed by atoms with Crippen LogP contribution in [-0.4, -0.2) is 10.8 Å². The zero-order chi connectivity index (χ0) is 16.1. The molecule has 5 heteroatoms. The minimum atomic E-state index is -0.470. The standard InChI is InChI=1S/C17H18N2O3/c1-12(2)14-5-3-13(4-6-14)11-17(20)18-15-7-9-16(10-8-15)19(21)22/h3-10,12H,11H2,1-2H3,(H,18,20). The summed E-state index contributed by atoms with van der Waals surface area (Å²) >= 11 is 0. The Morgan fingerprint density at radius 3 is 2.18 bits per heavy atom. The topological polar surface area (TPSA) is 72.2 Å². The van der Waals surface area contributed by atoms with Gasteiger partial charge in [0, 0.05) is 17.8 Å². The van der Waals surface area contributed by atoms with Crippen LogP contribution in [0.5, 0.6) is 0 Å². The Morgan fingerprint density at radius 1 is 1.09 bits per heavy atom. The highest BCUT2D eigenvalue weighted by Crippen LogP contribution is 2.17. The summed E-state index contributed by atoms with van der Waals surface area (Å²) in [6.07, 6.45) is 0.273. The van der Waals surface area contributed by atoms with Crippen LogP contribution in [0.4, 0.5) is 11.4 Å². The molecule has 0 aliphatic carbocycles. The number of rotatable bonds is 5. The molecule has 1 N–H and O–H groups in total. The van der Waals surface area contributed by atoms with Gasteiger partial charge in [0.2, 0.25) is 5.91 Å². The molecule has 0 radical (unpaired) electrons. The third-order valence-corrected chi connectivity index (χ3v) is 3.37. The highest BCUT2D eigenvalue weighted by Gasteiger charge is 2.07. The molecule has 22 heavy (non-hydrogen) atoms. The zero-order valence-corrected chi connectivity index (χ0v) is 12.6. The van der Waals surface area contributed by atoms with Crippen LogP contribution in [0.3, 0.4) is 0 Å². The fraction of sp³-hybridized carbons (Fsp3) is 0.235. The molecule has 0 saturated heterocycles. The highest BCUT2D eigenvalue weighted by atomic mass is 16.6. The Bertz CT molecular complexity index is 661. The minimum Gasteiger partial charge on any atom is -0.326 e. The van der Waals surface area contributed by atoms with Gasteiger partial charge in [0.25, 0.3) is 5.69 Å². The van der Waals surface area contributed by atoms with E-state index in [0.29, 0.717) is 11.6 Å².